The van der Waals surface area contributed by atoms with Crippen LogP contribution in [0.5, 0.6) is 0 Å². The molecule has 7 nitrogen and oxygen atoms in total. The predicted molar refractivity (Wildman–Crippen MR) is 96.1 cm³/mol. The molecule has 1 heterocycles. The topological polar surface area (TPSA) is 84.4 Å². The van der Waals surface area contributed by atoms with E-state index in [1.165, 1.54) is 7.11 Å². The zero-order chi connectivity index (χ0) is 18.4. The molecule has 25 heavy (non-hydrogen) atoms. The lowest BCUT2D eigenvalue weighted by Crippen LogP contribution is -2.26. The number of benzene rings is 1. The maximum atomic E-state index is 12.5. The second kappa shape index (κ2) is 8.23. The number of nitrogens with zero attached hydrogens (tertiary/aromatic N) is 3. The Hall–Kier alpha value is -2.96. The number of methoxy groups -OCH3 is 1. The van der Waals surface area contributed by atoms with Gasteiger partial charge < -0.3 is 15.0 Å². The molecule has 0 radical (unpaired) electrons. The average Bonchev–Trinajstić information content (AvgIpc) is 2.62. The number of aromatic nitrogens is 2. The molecule has 0 spiro atoms. The van der Waals surface area contributed by atoms with Gasteiger partial charge in [-0.2, -0.15) is 0 Å². The summed E-state index contributed by atoms with van der Waals surface area (Å²) in [6, 6.07) is 8.18. The van der Waals surface area contributed by atoms with E-state index in [2.05, 4.69) is 20.0 Å². The zero-order valence-corrected chi connectivity index (χ0v) is 14.9. The third-order valence-electron chi connectivity index (χ3n) is 3.66. The van der Waals surface area contributed by atoms with Gasteiger partial charge in [-0.15, -0.1) is 0 Å². The summed E-state index contributed by atoms with van der Waals surface area (Å²) in [4.78, 5) is 34.8. The lowest BCUT2D eigenvalue weighted by molar-refractivity contribution is 0.0600. The maximum absolute atomic E-state index is 12.5. The summed E-state index contributed by atoms with van der Waals surface area (Å²) >= 11 is 0. The van der Waals surface area contributed by atoms with Gasteiger partial charge in [0.25, 0.3) is 5.91 Å². The van der Waals surface area contributed by atoms with Crippen LogP contribution in [0.15, 0.2) is 30.3 Å². The third kappa shape index (κ3) is 4.53. The Morgan fingerprint density at radius 2 is 1.88 bits per heavy atom. The van der Waals surface area contributed by atoms with E-state index in [1.54, 1.807) is 30.3 Å². The van der Waals surface area contributed by atoms with Crippen LogP contribution in [0, 0.1) is 6.92 Å². The second-order valence-corrected chi connectivity index (χ2v) is 5.39. The Morgan fingerprint density at radius 3 is 2.52 bits per heavy atom. The van der Waals surface area contributed by atoms with Crippen LogP contribution in [0.2, 0.25) is 0 Å². The molecular formula is C18H22N4O3. The highest BCUT2D eigenvalue weighted by atomic mass is 16.5. The van der Waals surface area contributed by atoms with E-state index in [9.17, 15) is 9.59 Å². The fraction of sp³-hybridized carbons (Fsp3) is 0.333. The molecule has 0 fully saturated rings. The minimum Gasteiger partial charge on any atom is -0.465 e. The fourth-order valence-electron chi connectivity index (χ4n) is 2.35. The van der Waals surface area contributed by atoms with Gasteiger partial charge >= 0.3 is 5.97 Å². The number of amides is 1. The molecule has 0 atom stereocenters. The molecule has 0 saturated carbocycles. The van der Waals surface area contributed by atoms with Crippen molar-refractivity contribution >= 4 is 23.5 Å². The van der Waals surface area contributed by atoms with Crippen LogP contribution in [0.4, 0.5) is 11.6 Å². The number of carbonyl (C=O) groups excluding carboxylic acids is 2. The summed E-state index contributed by atoms with van der Waals surface area (Å²) in [5.74, 6) is -0.294. The summed E-state index contributed by atoms with van der Waals surface area (Å²) in [5.41, 5.74) is 1.85. The lowest BCUT2D eigenvalue weighted by Gasteiger charge is -2.19. The lowest BCUT2D eigenvalue weighted by atomic mass is 10.2. The van der Waals surface area contributed by atoms with E-state index in [0.29, 0.717) is 22.9 Å². The standard InChI is InChI=1S/C18H22N4O3/c1-5-22(6-2)18-19-12(3)10-15(21-18)16(23)20-14-9-7-8-13(11-14)17(24)25-4/h7-11H,5-6H2,1-4H3,(H,20,23). The molecule has 1 N–H and O–H groups in total. The van der Waals surface area contributed by atoms with Gasteiger partial charge in [0.1, 0.15) is 5.69 Å². The van der Waals surface area contributed by atoms with Gasteiger partial charge in [0.15, 0.2) is 0 Å². The molecule has 0 bridgehead atoms. The van der Waals surface area contributed by atoms with Crippen molar-refractivity contribution in [1.82, 2.24) is 9.97 Å². The first-order chi connectivity index (χ1) is 12.0. The fourth-order valence-corrected chi connectivity index (χ4v) is 2.35. The molecule has 2 rings (SSSR count). The number of aryl methyl sites for hydroxylation is 1. The molecule has 132 valence electrons. The predicted octanol–water partition coefficient (Wildman–Crippen LogP) is 2.67. The Balaban J connectivity index is 2.25. The van der Waals surface area contributed by atoms with Crippen molar-refractivity contribution in [2.45, 2.75) is 20.8 Å². The van der Waals surface area contributed by atoms with E-state index in [4.69, 9.17) is 0 Å². The number of hydrogen-bond acceptors (Lipinski definition) is 6. The molecule has 0 aliphatic rings. The smallest absolute Gasteiger partial charge is 0.337 e. The molecule has 0 aliphatic heterocycles. The van der Waals surface area contributed by atoms with Crippen molar-refractivity contribution in [3.8, 4) is 0 Å². The summed E-state index contributed by atoms with van der Waals surface area (Å²) in [5, 5.41) is 2.75. The normalized spacial score (nSPS) is 10.2. The second-order valence-electron chi connectivity index (χ2n) is 5.39. The summed E-state index contributed by atoms with van der Waals surface area (Å²) in [6.45, 7) is 7.34. The Morgan fingerprint density at radius 1 is 1.16 bits per heavy atom. The van der Waals surface area contributed by atoms with Crippen molar-refractivity contribution in [3.05, 3.63) is 47.3 Å². The van der Waals surface area contributed by atoms with Crippen LogP contribution in [-0.4, -0.2) is 42.0 Å². The quantitative estimate of drug-likeness (QED) is 0.813. The van der Waals surface area contributed by atoms with Gasteiger partial charge in [0.2, 0.25) is 5.95 Å². The number of hydrogen-bond donors (Lipinski definition) is 1. The summed E-state index contributed by atoms with van der Waals surface area (Å²) in [6.07, 6.45) is 0. The molecule has 1 aromatic heterocycles. The van der Waals surface area contributed by atoms with Gasteiger partial charge in [-0.25, -0.2) is 14.8 Å². The number of nitrogens with one attached hydrogen (secondary N) is 1. The third-order valence-corrected chi connectivity index (χ3v) is 3.66. The number of esters is 1. The van der Waals surface area contributed by atoms with Crippen LogP contribution < -0.4 is 10.2 Å². The molecule has 1 amide bonds. The molecular weight excluding hydrogens is 320 g/mol. The van der Waals surface area contributed by atoms with Crippen molar-refractivity contribution in [3.63, 3.8) is 0 Å². The van der Waals surface area contributed by atoms with E-state index < -0.39 is 5.97 Å². The highest BCUT2D eigenvalue weighted by Crippen LogP contribution is 2.15. The van der Waals surface area contributed by atoms with Crippen LogP contribution >= 0.6 is 0 Å². The summed E-state index contributed by atoms with van der Waals surface area (Å²) in [7, 11) is 1.31. The first kappa shape index (κ1) is 18.4. The average molecular weight is 342 g/mol. The van der Waals surface area contributed by atoms with Gasteiger partial charge in [-0.1, -0.05) is 6.07 Å². The molecule has 0 aliphatic carbocycles. The number of rotatable bonds is 6. The minimum atomic E-state index is -0.460. The Labute approximate surface area is 147 Å². The van der Waals surface area contributed by atoms with Crippen LogP contribution in [0.3, 0.4) is 0 Å². The minimum absolute atomic E-state index is 0.276. The van der Waals surface area contributed by atoms with E-state index >= 15 is 0 Å². The summed E-state index contributed by atoms with van der Waals surface area (Å²) < 4.78 is 4.69. The zero-order valence-electron chi connectivity index (χ0n) is 14.9. The van der Waals surface area contributed by atoms with Crippen LogP contribution in [0.1, 0.15) is 40.4 Å². The Kier molecular flexibility index (Phi) is 6.05. The largest absolute Gasteiger partial charge is 0.465 e. The molecule has 1 aromatic carbocycles. The van der Waals surface area contributed by atoms with Gasteiger partial charge in [-0.3, -0.25) is 4.79 Å². The van der Waals surface area contributed by atoms with E-state index in [-0.39, 0.29) is 11.6 Å². The van der Waals surface area contributed by atoms with E-state index in [1.807, 2.05) is 25.7 Å². The van der Waals surface area contributed by atoms with Gasteiger partial charge in [-0.05, 0) is 45.0 Å². The number of anilines is 2. The van der Waals surface area contributed by atoms with Crippen LogP contribution in [-0.2, 0) is 4.74 Å². The monoisotopic (exact) mass is 342 g/mol. The van der Waals surface area contributed by atoms with Gasteiger partial charge in [0.05, 0.1) is 12.7 Å². The molecule has 7 heteroatoms. The highest BCUT2D eigenvalue weighted by Gasteiger charge is 2.14. The van der Waals surface area contributed by atoms with Crippen molar-refractivity contribution in [2.24, 2.45) is 0 Å². The first-order valence-electron chi connectivity index (χ1n) is 8.08. The molecule has 0 saturated heterocycles. The maximum Gasteiger partial charge on any atom is 0.337 e. The van der Waals surface area contributed by atoms with Crippen molar-refractivity contribution in [2.75, 3.05) is 30.4 Å². The Bertz CT molecular complexity index is 773. The highest BCUT2D eigenvalue weighted by molar-refractivity contribution is 6.03. The first-order valence-corrected chi connectivity index (χ1v) is 8.08. The van der Waals surface area contributed by atoms with Crippen molar-refractivity contribution in [1.29, 1.82) is 0 Å². The van der Waals surface area contributed by atoms with Crippen molar-refractivity contribution < 1.29 is 14.3 Å². The van der Waals surface area contributed by atoms with Gasteiger partial charge in [0, 0.05) is 24.5 Å². The SMILES string of the molecule is CCN(CC)c1nc(C)cc(C(=O)Nc2cccc(C(=O)OC)c2)n1. The van der Waals surface area contributed by atoms with E-state index in [0.717, 1.165) is 13.1 Å². The number of carbonyl (C=O) groups is 2. The number of ether oxygens (including phenoxy) is 1. The molecule has 2 aromatic rings. The van der Waals surface area contributed by atoms with Crippen LogP contribution in [0.25, 0.3) is 0 Å². The molecule has 0 unspecified atom stereocenters.